The van der Waals surface area contributed by atoms with Crippen molar-refractivity contribution >= 4 is 23.6 Å². The average molecular weight is 279 g/mol. The molecule has 0 bridgehead atoms. The summed E-state index contributed by atoms with van der Waals surface area (Å²) in [5, 5.41) is 2.89. The number of amides is 2. The Bertz CT molecular complexity index is 481. The Morgan fingerprint density at radius 1 is 1.53 bits per heavy atom. The highest BCUT2D eigenvalue weighted by molar-refractivity contribution is 8.00. The second-order valence-electron chi connectivity index (χ2n) is 4.88. The van der Waals surface area contributed by atoms with Crippen molar-refractivity contribution in [3.05, 3.63) is 29.6 Å². The Labute approximate surface area is 116 Å². The van der Waals surface area contributed by atoms with Crippen LogP contribution in [0.4, 0.5) is 0 Å². The van der Waals surface area contributed by atoms with Gasteiger partial charge in [0.25, 0.3) is 5.91 Å². The standard InChI is InChI=1S/C13H17N3O2S/c1-13(5-2-6-19-13)8-16-12(18)10-4-3-9(7-15-10)11(14)17/h3-4,7H,2,5-6,8H2,1H3,(H2,14,17)(H,16,18). The molecule has 3 N–H and O–H groups in total. The number of carbonyl (C=O) groups is 2. The summed E-state index contributed by atoms with van der Waals surface area (Å²) in [7, 11) is 0. The van der Waals surface area contributed by atoms with Crippen molar-refractivity contribution in [2.24, 2.45) is 5.73 Å². The van der Waals surface area contributed by atoms with Crippen LogP contribution in [0.15, 0.2) is 18.3 Å². The molecule has 0 aromatic carbocycles. The quantitative estimate of drug-likeness (QED) is 0.867. The minimum Gasteiger partial charge on any atom is -0.366 e. The first kappa shape index (κ1) is 13.9. The minimum absolute atomic E-state index is 0.128. The summed E-state index contributed by atoms with van der Waals surface area (Å²) in [4.78, 5) is 26.8. The lowest BCUT2D eigenvalue weighted by molar-refractivity contribution is 0.0942. The maximum atomic E-state index is 11.9. The van der Waals surface area contributed by atoms with Gasteiger partial charge >= 0.3 is 0 Å². The van der Waals surface area contributed by atoms with Crippen molar-refractivity contribution in [2.75, 3.05) is 12.3 Å². The summed E-state index contributed by atoms with van der Waals surface area (Å²) < 4.78 is 0.128. The molecule has 1 aromatic rings. The number of hydrogen-bond acceptors (Lipinski definition) is 4. The fourth-order valence-corrected chi connectivity index (χ4v) is 3.25. The molecule has 0 radical (unpaired) electrons. The third-order valence-electron chi connectivity index (χ3n) is 3.20. The molecule has 0 spiro atoms. The largest absolute Gasteiger partial charge is 0.366 e. The van der Waals surface area contributed by atoms with Gasteiger partial charge in [-0.2, -0.15) is 11.8 Å². The predicted molar refractivity (Wildman–Crippen MR) is 75.2 cm³/mol. The van der Waals surface area contributed by atoms with Crippen LogP contribution in [0.3, 0.4) is 0 Å². The van der Waals surface area contributed by atoms with Gasteiger partial charge in [0.2, 0.25) is 5.91 Å². The molecule has 0 aliphatic carbocycles. The van der Waals surface area contributed by atoms with Gasteiger partial charge in [-0.1, -0.05) is 0 Å². The molecule has 1 unspecified atom stereocenters. The molecule has 1 fully saturated rings. The molecule has 1 aliphatic heterocycles. The van der Waals surface area contributed by atoms with Gasteiger partial charge in [0.15, 0.2) is 0 Å². The molecular weight excluding hydrogens is 262 g/mol. The van der Waals surface area contributed by atoms with E-state index in [4.69, 9.17) is 5.73 Å². The van der Waals surface area contributed by atoms with Gasteiger partial charge in [-0.3, -0.25) is 14.6 Å². The molecule has 19 heavy (non-hydrogen) atoms. The lowest BCUT2D eigenvalue weighted by atomic mass is 10.1. The third-order valence-corrected chi connectivity index (χ3v) is 4.74. The number of nitrogens with one attached hydrogen (secondary N) is 1. The normalized spacial score (nSPS) is 22.2. The molecular formula is C13H17N3O2S. The summed E-state index contributed by atoms with van der Waals surface area (Å²) in [6.07, 6.45) is 3.64. The number of primary amides is 1. The Kier molecular flexibility index (Phi) is 4.09. The van der Waals surface area contributed by atoms with Crippen LogP contribution in [0, 0.1) is 0 Å². The van der Waals surface area contributed by atoms with E-state index < -0.39 is 5.91 Å². The first-order chi connectivity index (χ1) is 9.00. The van der Waals surface area contributed by atoms with Gasteiger partial charge in [0, 0.05) is 17.5 Å². The highest BCUT2D eigenvalue weighted by atomic mass is 32.2. The highest BCUT2D eigenvalue weighted by Gasteiger charge is 2.29. The van der Waals surface area contributed by atoms with Crippen molar-refractivity contribution in [3.63, 3.8) is 0 Å². The lowest BCUT2D eigenvalue weighted by Gasteiger charge is -2.22. The summed E-state index contributed by atoms with van der Waals surface area (Å²) in [5.74, 6) is 0.386. The fraction of sp³-hybridized carbons (Fsp3) is 0.462. The summed E-state index contributed by atoms with van der Waals surface area (Å²) in [6, 6.07) is 3.02. The van der Waals surface area contributed by atoms with E-state index in [1.807, 2.05) is 11.8 Å². The summed E-state index contributed by atoms with van der Waals surface area (Å²) >= 11 is 1.89. The molecule has 2 rings (SSSR count). The number of carbonyl (C=O) groups excluding carboxylic acids is 2. The minimum atomic E-state index is -0.547. The van der Waals surface area contributed by atoms with Gasteiger partial charge in [0.05, 0.1) is 5.56 Å². The third kappa shape index (κ3) is 3.47. The van der Waals surface area contributed by atoms with E-state index in [0.717, 1.165) is 12.2 Å². The zero-order chi connectivity index (χ0) is 13.9. The number of rotatable bonds is 4. The van der Waals surface area contributed by atoms with Gasteiger partial charge < -0.3 is 11.1 Å². The van der Waals surface area contributed by atoms with Crippen molar-refractivity contribution < 1.29 is 9.59 Å². The van der Waals surface area contributed by atoms with E-state index in [1.165, 1.54) is 24.8 Å². The summed E-state index contributed by atoms with van der Waals surface area (Å²) in [5.41, 5.74) is 5.72. The number of aromatic nitrogens is 1. The molecule has 5 nitrogen and oxygen atoms in total. The molecule has 1 aliphatic rings. The fourth-order valence-electron chi connectivity index (χ4n) is 2.01. The maximum absolute atomic E-state index is 11.9. The van der Waals surface area contributed by atoms with Crippen LogP contribution in [-0.2, 0) is 0 Å². The molecule has 2 heterocycles. The zero-order valence-electron chi connectivity index (χ0n) is 10.8. The molecule has 1 aromatic heterocycles. The van der Waals surface area contributed by atoms with Gasteiger partial charge in [0.1, 0.15) is 5.69 Å². The first-order valence-electron chi connectivity index (χ1n) is 6.18. The zero-order valence-corrected chi connectivity index (χ0v) is 11.6. The molecule has 1 atom stereocenters. The van der Waals surface area contributed by atoms with E-state index in [2.05, 4.69) is 17.2 Å². The molecule has 6 heteroatoms. The van der Waals surface area contributed by atoms with E-state index in [0.29, 0.717) is 17.8 Å². The van der Waals surface area contributed by atoms with Crippen LogP contribution < -0.4 is 11.1 Å². The van der Waals surface area contributed by atoms with E-state index in [9.17, 15) is 9.59 Å². The van der Waals surface area contributed by atoms with Crippen LogP contribution in [0.2, 0.25) is 0 Å². The number of nitrogens with two attached hydrogens (primary N) is 1. The monoisotopic (exact) mass is 279 g/mol. The number of nitrogens with zero attached hydrogens (tertiary/aromatic N) is 1. The predicted octanol–water partition coefficient (Wildman–Crippen LogP) is 1.20. The van der Waals surface area contributed by atoms with Crippen molar-refractivity contribution in [2.45, 2.75) is 24.5 Å². The van der Waals surface area contributed by atoms with Crippen LogP contribution >= 0.6 is 11.8 Å². The molecule has 2 amide bonds. The molecule has 102 valence electrons. The number of hydrogen-bond donors (Lipinski definition) is 2. The first-order valence-corrected chi connectivity index (χ1v) is 7.17. The van der Waals surface area contributed by atoms with Crippen molar-refractivity contribution in [3.8, 4) is 0 Å². The Morgan fingerprint density at radius 2 is 2.32 bits per heavy atom. The Morgan fingerprint density at radius 3 is 2.84 bits per heavy atom. The smallest absolute Gasteiger partial charge is 0.269 e. The van der Waals surface area contributed by atoms with Crippen LogP contribution in [-0.4, -0.2) is 33.8 Å². The van der Waals surface area contributed by atoms with Gasteiger partial charge in [-0.25, -0.2) is 0 Å². The maximum Gasteiger partial charge on any atom is 0.269 e. The van der Waals surface area contributed by atoms with Crippen LogP contribution in [0.5, 0.6) is 0 Å². The van der Waals surface area contributed by atoms with Crippen molar-refractivity contribution in [1.29, 1.82) is 0 Å². The number of thioether (sulfide) groups is 1. The lowest BCUT2D eigenvalue weighted by Crippen LogP contribution is -2.37. The number of pyridine rings is 1. The van der Waals surface area contributed by atoms with Crippen LogP contribution in [0.25, 0.3) is 0 Å². The van der Waals surface area contributed by atoms with Gasteiger partial charge in [-0.15, -0.1) is 0 Å². The Balaban J connectivity index is 1.94. The topological polar surface area (TPSA) is 85.1 Å². The van der Waals surface area contributed by atoms with E-state index in [-0.39, 0.29) is 10.7 Å². The average Bonchev–Trinajstić information content (AvgIpc) is 2.83. The Hall–Kier alpha value is -1.56. The van der Waals surface area contributed by atoms with E-state index >= 15 is 0 Å². The second-order valence-corrected chi connectivity index (χ2v) is 6.56. The molecule has 0 saturated carbocycles. The summed E-state index contributed by atoms with van der Waals surface area (Å²) in [6.45, 7) is 2.80. The molecule has 1 saturated heterocycles. The van der Waals surface area contributed by atoms with Gasteiger partial charge in [-0.05, 0) is 37.7 Å². The second kappa shape index (κ2) is 5.61. The van der Waals surface area contributed by atoms with Crippen molar-refractivity contribution in [1.82, 2.24) is 10.3 Å². The SMILES string of the molecule is CC1(CNC(=O)c2ccc(C(N)=O)cn2)CCCS1. The highest BCUT2D eigenvalue weighted by Crippen LogP contribution is 2.36. The van der Waals surface area contributed by atoms with Crippen LogP contribution in [0.1, 0.15) is 40.6 Å². The van der Waals surface area contributed by atoms with E-state index in [1.54, 1.807) is 0 Å².